The number of thioether (sulfide) groups is 1. The second-order valence-electron chi connectivity index (χ2n) is 4.88. The van der Waals surface area contributed by atoms with Gasteiger partial charge in [-0.25, -0.2) is 28.5 Å². The van der Waals surface area contributed by atoms with Gasteiger partial charge in [0.05, 0.1) is 11.8 Å². The summed E-state index contributed by atoms with van der Waals surface area (Å²) in [5, 5.41) is 13.0. The third-order valence-corrected chi connectivity index (χ3v) is 6.11. The number of carbonyl (C=O) groups excluding carboxylic acids is 1. The predicted molar refractivity (Wildman–Crippen MR) is 87.6 cm³/mol. The maximum atomic E-state index is 12.2. The van der Waals surface area contributed by atoms with E-state index in [-0.39, 0.29) is 17.2 Å². The first kappa shape index (κ1) is 18.1. The van der Waals surface area contributed by atoms with E-state index in [9.17, 15) is 13.2 Å². The van der Waals surface area contributed by atoms with Crippen molar-refractivity contribution in [3.05, 3.63) is 41.8 Å². The molecule has 0 spiro atoms. The number of carbonyl (C=O) groups is 1. The van der Waals surface area contributed by atoms with Crippen LogP contribution in [-0.2, 0) is 19.6 Å². The van der Waals surface area contributed by atoms with Crippen molar-refractivity contribution in [2.24, 2.45) is 10.9 Å². The Hall–Kier alpha value is -2.29. The summed E-state index contributed by atoms with van der Waals surface area (Å²) in [6.07, 6.45) is 5.29. The summed E-state index contributed by atoms with van der Waals surface area (Å²) in [4.78, 5) is 24.0. The summed E-state index contributed by atoms with van der Waals surface area (Å²) in [5.74, 6) is -0.654. The van der Waals surface area contributed by atoms with Crippen molar-refractivity contribution in [3.63, 3.8) is 0 Å². The van der Waals surface area contributed by atoms with Gasteiger partial charge in [-0.3, -0.25) is 4.79 Å². The van der Waals surface area contributed by atoms with E-state index in [1.54, 1.807) is 6.92 Å². The topological polar surface area (TPSA) is 166 Å². The number of primary amides is 1. The quantitative estimate of drug-likeness (QED) is 0.688. The van der Waals surface area contributed by atoms with Gasteiger partial charge in [0.2, 0.25) is 15.9 Å². The van der Waals surface area contributed by atoms with Crippen LogP contribution >= 0.6 is 11.8 Å². The van der Waals surface area contributed by atoms with Gasteiger partial charge in [0.15, 0.2) is 5.82 Å². The van der Waals surface area contributed by atoms with Gasteiger partial charge >= 0.3 is 0 Å². The van der Waals surface area contributed by atoms with E-state index < -0.39 is 25.9 Å². The number of rotatable bonds is 5. The summed E-state index contributed by atoms with van der Waals surface area (Å²) in [6, 6.07) is 1.91. The van der Waals surface area contributed by atoms with E-state index in [0.717, 1.165) is 11.8 Å². The number of aromatic nitrogens is 3. The Morgan fingerprint density at radius 1 is 1.50 bits per heavy atom. The zero-order valence-corrected chi connectivity index (χ0v) is 14.2. The van der Waals surface area contributed by atoms with E-state index in [4.69, 9.17) is 16.1 Å². The number of nitriles is 1. The van der Waals surface area contributed by atoms with Crippen LogP contribution in [0.2, 0.25) is 0 Å². The highest BCUT2D eigenvalue weighted by Gasteiger charge is 2.53. The number of allylic oxidation sites excluding steroid dienone is 2. The molecule has 0 aliphatic heterocycles. The molecule has 1 aliphatic carbocycles. The Morgan fingerprint density at radius 3 is 2.75 bits per heavy atom. The zero-order chi connectivity index (χ0) is 18.0. The molecule has 11 heteroatoms. The lowest BCUT2D eigenvalue weighted by molar-refractivity contribution is -0.115. The van der Waals surface area contributed by atoms with Crippen LogP contribution in [0.1, 0.15) is 11.6 Å². The van der Waals surface area contributed by atoms with E-state index in [1.165, 1.54) is 24.6 Å². The Morgan fingerprint density at radius 2 is 2.21 bits per heavy atom. The van der Waals surface area contributed by atoms with Crippen LogP contribution in [0.5, 0.6) is 0 Å². The van der Waals surface area contributed by atoms with E-state index in [0.29, 0.717) is 5.82 Å². The Balaban J connectivity index is 2.84. The van der Waals surface area contributed by atoms with Crippen molar-refractivity contribution in [2.75, 3.05) is 5.75 Å². The molecule has 2 rings (SSSR count). The number of aryl methyl sites for hydroxylation is 1. The average Bonchev–Trinajstić information content (AvgIpc) is 2.51. The minimum atomic E-state index is -4.16. The van der Waals surface area contributed by atoms with Crippen molar-refractivity contribution < 1.29 is 13.2 Å². The van der Waals surface area contributed by atoms with Gasteiger partial charge in [-0.15, -0.1) is 11.8 Å². The maximum Gasteiger partial charge on any atom is 0.246 e. The van der Waals surface area contributed by atoms with Crippen molar-refractivity contribution in [1.29, 1.82) is 5.26 Å². The first-order chi connectivity index (χ1) is 11.2. The molecule has 1 aliphatic rings. The van der Waals surface area contributed by atoms with Crippen molar-refractivity contribution in [3.8, 4) is 6.07 Å². The minimum absolute atomic E-state index is 0.00340. The molecule has 2 unspecified atom stereocenters. The summed E-state index contributed by atoms with van der Waals surface area (Å²) < 4.78 is 22.7. The molecule has 1 aromatic heterocycles. The second-order valence-corrected chi connectivity index (χ2v) is 7.79. The normalized spacial score (nSPS) is 23.4. The lowest BCUT2D eigenvalue weighted by Crippen LogP contribution is -2.50. The molecule has 1 aromatic rings. The summed E-state index contributed by atoms with van der Waals surface area (Å²) >= 11 is 0.885. The van der Waals surface area contributed by atoms with Crippen molar-refractivity contribution >= 4 is 27.7 Å². The molecule has 24 heavy (non-hydrogen) atoms. The predicted octanol–water partition coefficient (Wildman–Crippen LogP) is -0.729. The zero-order valence-electron chi connectivity index (χ0n) is 12.6. The number of nitrogens with zero attached hydrogens (tertiary/aromatic N) is 4. The van der Waals surface area contributed by atoms with Gasteiger partial charge in [-0.05, 0) is 6.92 Å². The standard InChI is InChI=1S/C13H14N6O3S2/c1-8-17-7-18-12(19-8)13(23-6-5-14)9(11(15)20)3-2-4-10(13)24(16,21)22/h2-4,7,10H,6H2,1H3,(H2,15,20)(H2,16,21,22). The smallest absolute Gasteiger partial charge is 0.246 e. The largest absolute Gasteiger partial charge is 0.366 e. The van der Waals surface area contributed by atoms with Crippen LogP contribution in [-0.4, -0.2) is 40.3 Å². The summed E-state index contributed by atoms with van der Waals surface area (Å²) in [6.45, 7) is 1.59. The van der Waals surface area contributed by atoms with E-state index in [1.807, 2.05) is 6.07 Å². The number of nitrogens with two attached hydrogens (primary N) is 2. The summed E-state index contributed by atoms with van der Waals surface area (Å²) in [7, 11) is -4.16. The first-order valence-electron chi connectivity index (χ1n) is 6.61. The number of primary sulfonamides is 1. The Bertz CT molecular complexity index is 874. The van der Waals surface area contributed by atoms with Gasteiger partial charge in [0.1, 0.15) is 22.1 Å². The SMILES string of the molecule is Cc1ncnc(C2(SCC#N)C(C(N)=O)=CC=CC2S(N)(=O)=O)n1. The Labute approximate surface area is 142 Å². The molecule has 0 saturated carbocycles. The first-order valence-corrected chi connectivity index (χ1v) is 9.20. The van der Waals surface area contributed by atoms with Gasteiger partial charge in [0.25, 0.3) is 0 Å². The van der Waals surface area contributed by atoms with Crippen LogP contribution in [0.4, 0.5) is 0 Å². The van der Waals surface area contributed by atoms with E-state index in [2.05, 4.69) is 15.0 Å². The highest BCUT2D eigenvalue weighted by Crippen LogP contribution is 2.48. The molecule has 2 atom stereocenters. The maximum absolute atomic E-state index is 12.2. The average molecular weight is 366 g/mol. The minimum Gasteiger partial charge on any atom is -0.366 e. The molecule has 126 valence electrons. The van der Waals surface area contributed by atoms with Crippen LogP contribution in [0.3, 0.4) is 0 Å². The fourth-order valence-electron chi connectivity index (χ4n) is 2.45. The Kier molecular flexibility index (Phi) is 5.02. The van der Waals surface area contributed by atoms with Crippen molar-refractivity contribution in [1.82, 2.24) is 15.0 Å². The summed E-state index contributed by atoms with van der Waals surface area (Å²) in [5.41, 5.74) is 5.40. The fourth-order valence-corrected chi connectivity index (χ4v) is 5.14. The van der Waals surface area contributed by atoms with Crippen LogP contribution < -0.4 is 10.9 Å². The van der Waals surface area contributed by atoms with Crippen LogP contribution in [0, 0.1) is 18.3 Å². The molecule has 0 saturated heterocycles. The van der Waals surface area contributed by atoms with Gasteiger partial charge < -0.3 is 5.73 Å². The van der Waals surface area contributed by atoms with E-state index >= 15 is 0 Å². The van der Waals surface area contributed by atoms with Crippen LogP contribution in [0.25, 0.3) is 0 Å². The van der Waals surface area contributed by atoms with Crippen molar-refractivity contribution in [2.45, 2.75) is 16.9 Å². The number of sulfonamides is 1. The molecule has 0 fully saturated rings. The monoisotopic (exact) mass is 366 g/mol. The molecule has 0 radical (unpaired) electrons. The molecule has 9 nitrogen and oxygen atoms in total. The third-order valence-electron chi connectivity index (χ3n) is 3.36. The highest BCUT2D eigenvalue weighted by atomic mass is 32.2. The lowest BCUT2D eigenvalue weighted by Gasteiger charge is -2.38. The molecule has 4 N–H and O–H groups in total. The number of hydrogen-bond donors (Lipinski definition) is 2. The third kappa shape index (κ3) is 3.16. The molecular formula is C13H14N6O3S2. The fraction of sp³-hybridized carbons (Fsp3) is 0.308. The van der Waals surface area contributed by atoms with Gasteiger partial charge in [-0.2, -0.15) is 5.26 Å². The number of hydrogen-bond acceptors (Lipinski definition) is 8. The number of amides is 1. The van der Waals surface area contributed by atoms with Gasteiger partial charge in [0, 0.05) is 5.57 Å². The molecule has 1 heterocycles. The lowest BCUT2D eigenvalue weighted by atomic mass is 9.88. The van der Waals surface area contributed by atoms with Crippen LogP contribution in [0.15, 0.2) is 30.1 Å². The molecule has 0 bridgehead atoms. The molecule has 1 amide bonds. The molecule has 0 aromatic carbocycles. The molecular weight excluding hydrogens is 352 g/mol. The van der Waals surface area contributed by atoms with Gasteiger partial charge in [-0.1, -0.05) is 18.2 Å². The highest BCUT2D eigenvalue weighted by molar-refractivity contribution is 8.02. The second kappa shape index (κ2) is 6.68.